The van der Waals surface area contributed by atoms with Gasteiger partial charge in [0.25, 0.3) is 0 Å². The first-order valence-electron chi connectivity index (χ1n) is 14.8. The number of benzene rings is 3. The summed E-state index contributed by atoms with van der Waals surface area (Å²) >= 11 is 1.46. The molecular formula is C40H42Cl2Zr-2. The number of rotatable bonds is 1. The van der Waals surface area contributed by atoms with Crippen LogP contribution < -0.4 is 24.8 Å². The van der Waals surface area contributed by atoms with Crippen molar-refractivity contribution in [3.8, 4) is 0 Å². The Morgan fingerprint density at radius 3 is 1.63 bits per heavy atom. The third-order valence-corrected chi connectivity index (χ3v) is 9.37. The van der Waals surface area contributed by atoms with Crippen molar-refractivity contribution < 1.29 is 49.0 Å². The van der Waals surface area contributed by atoms with Gasteiger partial charge < -0.3 is 24.8 Å². The number of halogens is 2. The summed E-state index contributed by atoms with van der Waals surface area (Å²) in [7, 11) is 0. The summed E-state index contributed by atoms with van der Waals surface area (Å²) in [5, 5.41) is 5.53. The van der Waals surface area contributed by atoms with Gasteiger partial charge in [-0.05, 0) is 11.1 Å². The second-order valence-corrected chi connectivity index (χ2v) is 14.5. The second kappa shape index (κ2) is 13.4. The molecule has 1 unspecified atom stereocenters. The Kier molecular flexibility index (Phi) is 11.0. The first kappa shape index (κ1) is 35.3. The van der Waals surface area contributed by atoms with Gasteiger partial charge in [0, 0.05) is 10.8 Å². The number of fused-ring (bicyclic) bond motifs is 5. The Balaban J connectivity index is 0.000000212. The molecule has 4 aromatic carbocycles. The van der Waals surface area contributed by atoms with Crippen LogP contribution in [0.3, 0.4) is 0 Å². The molecule has 0 radical (unpaired) electrons. The quantitative estimate of drug-likeness (QED) is 0.256. The van der Waals surface area contributed by atoms with Crippen molar-refractivity contribution in [1.82, 2.24) is 0 Å². The molecule has 0 aromatic heterocycles. The van der Waals surface area contributed by atoms with Gasteiger partial charge in [0.2, 0.25) is 0 Å². The van der Waals surface area contributed by atoms with Crippen molar-refractivity contribution >= 4 is 37.4 Å². The van der Waals surface area contributed by atoms with Gasteiger partial charge in [-0.1, -0.05) is 114 Å². The van der Waals surface area contributed by atoms with E-state index in [1.54, 1.807) is 0 Å². The van der Waals surface area contributed by atoms with Gasteiger partial charge in [-0.2, -0.15) is 11.6 Å². The molecule has 0 N–H and O–H groups in total. The van der Waals surface area contributed by atoms with Crippen LogP contribution in [0, 0.1) is 17.4 Å². The molecule has 0 bridgehead atoms. The average molecular weight is 685 g/mol. The van der Waals surface area contributed by atoms with Crippen LogP contribution in [0.5, 0.6) is 0 Å². The van der Waals surface area contributed by atoms with Gasteiger partial charge in [0.15, 0.2) is 0 Å². The predicted molar refractivity (Wildman–Crippen MR) is 177 cm³/mol. The Morgan fingerprint density at radius 2 is 1.28 bits per heavy atom. The van der Waals surface area contributed by atoms with Crippen LogP contribution in [0.25, 0.3) is 33.7 Å². The molecule has 0 fully saturated rings. The zero-order valence-electron chi connectivity index (χ0n) is 26.6. The first-order chi connectivity index (χ1) is 19.3. The third kappa shape index (κ3) is 7.56. The molecule has 3 heteroatoms. The minimum atomic E-state index is 0. The molecule has 1 atom stereocenters. The van der Waals surface area contributed by atoms with Crippen LogP contribution in [0.1, 0.15) is 83.2 Å². The minimum absolute atomic E-state index is 0. The van der Waals surface area contributed by atoms with Crippen LogP contribution in [0.15, 0.2) is 90.5 Å². The fraction of sp³-hybridized carbons (Fsp3) is 0.300. The number of hydrogen-bond donors (Lipinski definition) is 0. The Hall–Kier alpha value is -2.18. The first-order valence-corrected chi connectivity index (χ1v) is 16.2. The van der Waals surface area contributed by atoms with Gasteiger partial charge >= 0.3 is 63.8 Å². The fourth-order valence-electron chi connectivity index (χ4n) is 5.91. The SMILES string of the molecule is CC1(C)C=Cc2cc3c(cc21)[cH-]c1cc2c(cc13)C=CC2(C)C.CC1[C-]=CC(C(C)(C)C)=C1.[Cl-].[Cl-].[Zr+2]=[CH]c1ccccc1. The molecule has 0 aliphatic heterocycles. The van der Waals surface area contributed by atoms with E-state index in [4.69, 9.17) is 0 Å². The van der Waals surface area contributed by atoms with E-state index in [0.717, 1.165) is 0 Å². The molecule has 0 saturated carbocycles. The zero-order valence-corrected chi connectivity index (χ0v) is 30.6. The van der Waals surface area contributed by atoms with Crippen LogP contribution in [-0.2, 0) is 35.1 Å². The van der Waals surface area contributed by atoms with Crippen molar-refractivity contribution in [2.75, 3.05) is 0 Å². The Bertz CT molecular complexity index is 1650. The molecule has 3 aliphatic carbocycles. The van der Waals surface area contributed by atoms with Crippen molar-refractivity contribution in [3.05, 3.63) is 124 Å². The van der Waals surface area contributed by atoms with Crippen molar-refractivity contribution in [3.63, 3.8) is 0 Å². The van der Waals surface area contributed by atoms with E-state index in [0.29, 0.717) is 11.3 Å². The maximum atomic E-state index is 3.26. The molecule has 0 heterocycles. The van der Waals surface area contributed by atoms with E-state index in [1.165, 1.54) is 79.2 Å². The Labute approximate surface area is 286 Å². The summed E-state index contributed by atoms with van der Waals surface area (Å²) in [6.45, 7) is 18.0. The van der Waals surface area contributed by atoms with E-state index in [2.05, 4.69) is 156 Å². The summed E-state index contributed by atoms with van der Waals surface area (Å²) < 4.78 is 2.17. The van der Waals surface area contributed by atoms with Gasteiger partial charge in [-0.25, -0.2) is 6.08 Å². The maximum absolute atomic E-state index is 3.26. The van der Waals surface area contributed by atoms with Crippen LogP contribution in [-0.4, -0.2) is 3.71 Å². The summed E-state index contributed by atoms with van der Waals surface area (Å²) in [6.07, 6.45) is 16.9. The monoisotopic (exact) mass is 682 g/mol. The predicted octanol–water partition coefficient (Wildman–Crippen LogP) is 4.68. The van der Waals surface area contributed by atoms with Gasteiger partial charge in [0.1, 0.15) is 0 Å². The number of hydrogen-bond acceptors (Lipinski definition) is 0. The normalized spacial score (nSPS) is 18.0. The summed E-state index contributed by atoms with van der Waals surface area (Å²) in [5.41, 5.74) is 9.01. The second-order valence-electron chi connectivity index (χ2n) is 13.8. The molecule has 7 rings (SSSR count). The van der Waals surface area contributed by atoms with Crippen LogP contribution in [0.4, 0.5) is 0 Å². The van der Waals surface area contributed by atoms with Gasteiger partial charge in [0.05, 0.1) is 0 Å². The van der Waals surface area contributed by atoms with E-state index < -0.39 is 0 Å². The molecule has 0 saturated heterocycles. The molecule has 43 heavy (non-hydrogen) atoms. The zero-order chi connectivity index (χ0) is 29.6. The molecule has 0 amide bonds. The van der Waals surface area contributed by atoms with Gasteiger partial charge in [-0.15, -0.1) is 39.7 Å². The molecule has 3 aliphatic rings. The third-order valence-electron chi connectivity index (χ3n) is 8.56. The van der Waals surface area contributed by atoms with Gasteiger partial charge in [-0.3, -0.25) is 6.08 Å². The van der Waals surface area contributed by atoms with Crippen molar-refractivity contribution in [2.45, 2.75) is 66.2 Å². The standard InChI is InChI=1S/C23H21.C10H15.C7H6.2ClH.Zr/c1-22(2)7-5-14-10-18-16(12-20(14)22)9-17-13-21-15(11-19(17)18)6-8-23(21,3)4;1-8-5-6-9(7-8)10(2,3)4;1-7-5-3-2-4-6-7;;;/h5-13H,1-4H3;6-8H,1-4H3;1-6H;2*1H;/q2*-1;;;;+2/p-2. The van der Waals surface area contributed by atoms with Crippen LogP contribution >= 0.6 is 0 Å². The van der Waals surface area contributed by atoms with E-state index in [-0.39, 0.29) is 35.6 Å². The summed E-state index contributed by atoms with van der Waals surface area (Å²) in [4.78, 5) is 0. The summed E-state index contributed by atoms with van der Waals surface area (Å²) in [6, 6.07) is 22.3. The van der Waals surface area contributed by atoms with Crippen molar-refractivity contribution in [1.29, 1.82) is 0 Å². The average Bonchev–Trinajstić information content (AvgIpc) is 3.67. The number of allylic oxidation sites excluding steroid dienone is 6. The van der Waals surface area contributed by atoms with Crippen molar-refractivity contribution in [2.24, 2.45) is 11.3 Å². The molecule has 4 aromatic rings. The summed E-state index contributed by atoms with van der Waals surface area (Å²) in [5.74, 6) is 0.522. The molecule has 222 valence electrons. The fourth-order valence-corrected chi connectivity index (χ4v) is 6.38. The van der Waals surface area contributed by atoms with E-state index >= 15 is 0 Å². The molecule has 0 nitrogen and oxygen atoms in total. The van der Waals surface area contributed by atoms with E-state index in [9.17, 15) is 0 Å². The van der Waals surface area contributed by atoms with Crippen LogP contribution in [0.2, 0.25) is 0 Å². The molecular weight excluding hydrogens is 643 g/mol. The van der Waals surface area contributed by atoms with E-state index in [1.807, 2.05) is 6.07 Å². The Morgan fingerprint density at radius 1 is 0.791 bits per heavy atom. The topological polar surface area (TPSA) is 0 Å². The molecule has 0 spiro atoms.